The van der Waals surface area contributed by atoms with E-state index in [2.05, 4.69) is 19.9 Å². The number of benzene rings is 2. The summed E-state index contributed by atoms with van der Waals surface area (Å²) < 4.78 is 85.8. The maximum absolute atomic E-state index is 14.6. The van der Waals surface area contributed by atoms with Gasteiger partial charge in [-0.1, -0.05) is 0 Å². The van der Waals surface area contributed by atoms with Gasteiger partial charge in [0.25, 0.3) is 0 Å². The van der Waals surface area contributed by atoms with Crippen LogP contribution in [-0.4, -0.2) is 19.9 Å². The minimum Gasteiger partial charge on any atom is -0.223 e. The lowest BCUT2D eigenvalue weighted by Crippen LogP contribution is -2.02. The average molecular weight is 414 g/mol. The molecule has 2 aromatic carbocycles. The summed E-state index contributed by atoms with van der Waals surface area (Å²) in [6.07, 6.45) is 0. The SMILES string of the molecule is N#Cc1nc2nc3c(nc2nc1C#N)-c1c(F)c(F)c(F)c2c(F)c(F)c(F)c-3c12. The summed E-state index contributed by atoms with van der Waals surface area (Å²) in [7, 11) is 0. The van der Waals surface area contributed by atoms with Gasteiger partial charge in [-0.3, -0.25) is 0 Å². The van der Waals surface area contributed by atoms with Crippen LogP contribution in [0.3, 0.4) is 0 Å². The molecule has 12 heteroatoms. The summed E-state index contributed by atoms with van der Waals surface area (Å²) in [5.74, 6) is -12.0. The largest absolute Gasteiger partial charge is 0.223 e. The number of nitrogens with zero attached hydrogens (tertiary/aromatic N) is 6. The second kappa shape index (κ2) is 5.61. The number of hydrogen-bond donors (Lipinski definition) is 0. The van der Waals surface area contributed by atoms with Crippen molar-refractivity contribution in [1.82, 2.24) is 19.9 Å². The highest BCUT2D eigenvalue weighted by atomic mass is 19.2. The smallest absolute Gasteiger partial charge is 0.199 e. The molecule has 0 radical (unpaired) electrons. The van der Waals surface area contributed by atoms with Crippen molar-refractivity contribution in [1.29, 1.82) is 10.5 Å². The van der Waals surface area contributed by atoms with E-state index in [1.807, 2.05) is 0 Å². The van der Waals surface area contributed by atoms with E-state index in [1.54, 1.807) is 12.1 Å². The van der Waals surface area contributed by atoms with Crippen LogP contribution < -0.4 is 0 Å². The van der Waals surface area contributed by atoms with Crippen molar-refractivity contribution >= 4 is 22.1 Å². The molecule has 0 spiro atoms. The second-order valence-corrected chi connectivity index (χ2v) is 6.10. The number of nitriles is 2. The number of fused-ring (bicyclic) bond motifs is 4. The van der Waals surface area contributed by atoms with E-state index in [-0.39, 0.29) is 0 Å². The van der Waals surface area contributed by atoms with E-state index < -0.39 is 90.9 Å². The highest BCUT2D eigenvalue weighted by Crippen LogP contribution is 2.50. The molecular weight excluding hydrogens is 414 g/mol. The van der Waals surface area contributed by atoms with Gasteiger partial charge in [0.15, 0.2) is 57.6 Å². The standard InChI is InChI=1S/C18F6N6/c19-9-6-5-7(11(21)13(9)23)15-16(8(5)12(22)14(24)10(6)20)30-18-17(29-15)27-3(1-25)4(2-26)28-18. The Balaban J connectivity index is 2.04. The first-order valence-corrected chi connectivity index (χ1v) is 7.87. The third-order valence-electron chi connectivity index (χ3n) is 4.60. The fourth-order valence-corrected chi connectivity index (χ4v) is 3.38. The Morgan fingerprint density at radius 1 is 0.500 bits per heavy atom. The molecule has 2 aromatic heterocycles. The number of hydrogen-bond acceptors (Lipinski definition) is 6. The molecule has 0 bridgehead atoms. The van der Waals surface area contributed by atoms with Crippen LogP contribution in [0.4, 0.5) is 26.3 Å². The van der Waals surface area contributed by atoms with Crippen molar-refractivity contribution in [3.63, 3.8) is 0 Å². The number of rotatable bonds is 0. The van der Waals surface area contributed by atoms with Crippen LogP contribution >= 0.6 is 0 Å². The van der Waals surface area contributed by atoms with Crippen molar-refractivity contribution in [2.24, 2.45) is 0 Å². The topological polar surface area (TPSA) is 99.1 Å². The summed E-state index contributed by atoms with van der Waals surface area (Å²) in [6, 6.07) is 3.18. The number of aromatic nitrogens is 4. The first-order chi connectivity index (χ1) is 14.3. The summed E-state index contributed by atoms with van der Waals surface area (Å²) in [5, 5.41) is 16.0. The van der Waals surface area contributed by atoms with Gasteiger partial charge in [0, 0.05) is 5.39 Å². The molecule has 5 rings (SSSR count). The minimum atomic E-state index is -2.12. The van der Waals surface area contributed by atoms with Crippen LogP contribution in [0.1, 0.15) is 11.4 Å². The van der Waals surface area contributed by atoms with Crippen molar-refractivity contribution < 1.29 is 26.3 Å². The molecule has 0 saturated carbocycles. The van der Waals surface area contributed by atoms with Crippen LogP contribution in [0, 0.1) is 57.6 Å². The molecule has 0 amide bonds. The van der Waals surface area contributed by atoms with E-state index in [1.165, 1.54) is 0 Å². The van der Waals surface area contributed by atoms with Gasteiger partial charge in [-0.05, 0) is 0 Å². The van der Waals surface area contributed by atoms with Gasteiger partial charge in [-0.2, -0.15) is 10.5 Å². The zero-order valence-electron chi connectivity index (χ0n) is 14.0. The quantitative estimate of drug-likeness (QED) is 0.282. The van der Waals surface area contributed by atoms with E-state index in [0.29, 0.717) is 0 Å². The van der Waals surface area contributed by atoms with Gasteiger partial charge in [0.1, 0.15) is 23.5 Å². The van der Waals surface area contributed by atoms with Gasteiger partial charge < -0.3 is 0 Å². The molecule has 0 unspecified atom stereocenters. The Hall–Kier alpha value is -4.32. The van der Waals surface area contributed by atoms with Crippen LogP contribution in [0.2, 0.25) is 0 Å². The summed E-state index contributed by atoms with van der Waals surface area (Å²) in [5.41, 5.74) is -4.55. The number of halogens is 6. The third kappa shape index (κ3) is 1.92. The Morgan fingerprint density at radius 2 is 0.900 bits per heavy atom. The molecule has 0 N–H and O–H groups in total. The first kappa shape index (κ1) is 17.8. The molecule has 30 heavy (non-hydrogen) atoms. The van der Waals surface area contributed by atoms with E-state index in [0.717, 1.165) is 0 Å². The molecule has 1 aliphatic rings. The maximum atomic E-state index is 14.6. The predicted octanol–water partition coefficient (Wildman–Crippen LogP) is 3.80. The summed E-state index contributed by atoms with van der Waals surface area (Å²) in [6.45, 7) is 0. The zero-order valence-corrected chi connectivity index (χ0v) is 14.0. The molecule has 0 saturated heterocycles. The van der Waals surface area contributed by atoms with Crippen LogP contribution in [0.25, 0.3) is 44.6 Å². The van der Waals surface area contributed by atoms with E-state index in [9.17, 15) is 26.3 Å². The molecule has 6 nitrogen and oxygen atoms in total. The lowest BCUT2D eigenvalue weighted by atomic mass is 10.0. The monoisotopic (exact) mass is 414 g/mol. The van der Waals surface area contributed by atoms with Crippen molar-refractivity contribution in [2.45, 2.75) is 0 Å². The molecule has 1 aliphatic carbocycles. The molecule has 144 valence electrons. The van der Waals surface area contributed by atoms with Gasteiger partial charge >= 0.3 is 0 Å². The van der Waals surface area contributed by atoms with Gasteiger partial charge in [-0.15, -0.1) is 0 Å². The normalized spacial score (nSPS) is 11.6. The highest BCUT2D eigenvalue weighted by Gasteiger charge is 2.38. The third-order valence-corrected chi connectivity index (χ3v) is 4.60. The minimum absolute atomic E-state index is 0.407. The van der Waals surface area contributed by atoms with Crippen LogP contribution in [0.15, 0.2) is 0 Å². The van der Waals surface area contributed by atoms with E-state index >= 15 is 0 Å². The Labute approximate surface area is 160 Å². The lowest BCUT2D eigenvalue weighted by molar-refractivity contribution is 0.439. The highest BCUT2D eigenvalue weighted by molar-refractivity contribution is 6.14. The fraction of sp³-hybridized carbons (Fsp3) is 0. The molecular formula is C18F6N6. The molecule has 4 aromatic rings. The maximum Gasteiger partial charge on any atom is 0.199 e. The van der Waals surface area contributed by atoms with E-state index in [4.69, 9.17) is 10.5 Å². The zero-order chi connectivity index (χ0) is 21.5. The summed E-state index contributed by atoms with van der Waals surface area (Å²) in [4.78, 5) is 15.2. The second-order valence-electron chi connectivity index (χ2n) is 6.10. The lowest BCUT2D eigenvalue weighted by Gasteiger charge is -2.09. The van der Waals surface area contributed by atoms with Crippen molar-refractivity contribution in [2.75, 3.05) is 0 Å². The Morgan fingerprint density at radius 3 is 1.27 bits per heavy atom. The summed E-state index contributed by atoms with van der Waals surface area (Å²) >= 11 is 0. The molecule has 0 fully saturated rings. The van der Waals surface area contributed by atoms with Gasteiger partial charge in [-0.25, -0.2) is 46.3 Å². The fourth-order valence-electron chi connectivity index (χ4n) is 3.38. The van der Waals surface area contributed by atoms with Crippen LogP contribution in [-0.2, 0) is 0 Å². The predicted molar refractivity (Wildman–Crippen MR) is 86.2 cm³/mol. The molecule has 0 atom stereocenters. The van der Waals surface area contributed by atoms with Crippen molar-refractivity contribution in [3.05, 3.63) is 46.3 Å². The Bertz CT molecular complexity index is 1470. The van der Waals surface area contributed by atoms with Gasteiger partial charge in [0.05, 0.1) is 16.5 Å². The molecule has 2 heterocycles. The average Bonchev–Trinajstić information content (AvgIpc) is 3.06. The Kier molecular flexibility index (Phi) is 3.32. The first-order valence-electron chi connectivity index (χ1n) is 7.87. The van der Waals surface area contributed by atoms with Crippen LogP contribution in [0.5, 0.6) is 0 Å². The van der Waals surface area contributed by atoms with Gasteiger partial charge in [0.2, 0.25) is 0 Å². The molecule has 0 aliphatic heterocycles. The van der Waals surface area contributed by atoms with Crippen molar-refractivity contribution in [3.8, 4) is 34.7 Å².